The molecule has 0 aliphatic heterocycles. The number of hydrogen-bond acceptors (Lipinski definition) is 10. The molecule has 346 valence electrons. The maximum absolute atomic E-state index is 12.9. The van der Waals surface area contributed by atoms with Crippen LogP contribution in [0.1, 0.15) is 252 Å². The molecule has 0 radical (unpaired) electrons. The predicted octanol–water partition coefficient (Wildman–Crippen LogP) is 14.4. The molecular formula is C49H95N5O4S. The number of carbonyl (C=O) groups is 2. The number of hydrogen-bond donors (Lipinski definition) is 2. The molecule has 9 nitrogen and oxygen atoms in total. The Morgan fingerprint density at radius 1 is 0.525 bits per heavy atom. The van der Waals surface area contributed by atoms with E-state index in [1.54, 1.807) is 0 Å². The number of nitrogens with zero attached hydrogens (tertiary/aromatic N) is 3. The van der Waals surface area contributed by atoms with Gasteiger partial charge in [-0.15, -0.1) is 10.2 Å². The number of nitrogens with two attached hydrogens (primary N) is 1. The minimum atomic E-state index is -0.00925. The maximum atomic E-state index is 12.9. The molecule has 1 aromatic rings. The summed E-state index contributed by atoms with van der Waals surface area (Å²) in [6.07, 6.45) is 40.5. The number of unbranched alkanes of at least 4 members (excludes halogenated alkanes) is 23. The second-order valence-corrected chi connectivity index (χ2v) is 18.4. The maximum Gasteiger partial charge on any atom is 0.306 e. The van der Waals surface area contributed by atoms with E-state index in [0.717, 1.165) is 95.5 Å². The molecule has 1 atom stereocenters. The Bertz CT molecular complexity index is 1060. The summed E-state index contributed by atoms with van der Waals surface area (Å²) in [4.78, 5) is 28.0. The van der Waals surface area contributed by atoms with Crippen LogP contribution < -0.4 is 11.1 Å². The normalized spacial score (nSPS) is 12.1. The van der Waals surface area contributed by atoms with Gasteiger partial charge in [0.05, 0.1) is 0 Å². The van der Waals surface area contributed by atoms with Crippen LogP contribution in [0.15, 0.2) is 0 Å². The van der Waals surface area contributed by atoms with Gasteiger partial charge in [0.15, 0.2) is 0 Å². The van der Waals surface area contributed by atoms with Crippen molar-refractivity contribution in [1.82, 2.24) is 15.1 Å². The van der Waals surface area contributed by atoms with Gasteiger partial charge in [-0.1, -0.05) is 174 Å². The molecule has 1 heterocycles. The van der Waals surface area contributed by atoms with Crippen LogP contribution in [0.5, 0.6) is 0 Å². The van der Waals surface area contributed by atoms with Crippen molar-refractivity contribution in [3.63, 3.8) is 0 Å². The van der Waals surface area contributed by atoms with Crippen molar-refractivity contribution in [1.29, 1.82) is 0 Å². The predicted molar refractivity (Wildman–Crippen MR) is 253 cm³/mol. The van der Waals surface area contributed by atoms with Crippen LogP contribution in [-0.4, -0.2) is 65.4 Å². The van der Waals surface area contributed by atoms with E-state index in [2.05, 4.69) is 48.1 Å². The Labute approximate surface area is 368 Å². The van der Waals surface area contributed by atoms with E-state index in [-0.39, 0.29) is 24.1 Å². The zero-order chi connectivity index (χ0) is 42.9. The van der Waals surface area contributed by atoms with Crippen LogP contribution in [0.3, 0.4) is 0 Å². The van der Waals surface area contributed by atoms with E-state index in [4.69, 9.17) is 15.2 Å². The van der Waals surface area contributed by atoms with E-state index in [9.17, 15) is 9.59 Å². The minimum Gasteiger partial charge on any atom is -0.462 e. The molecule has 0 aliphatic carbocycles. The van der Waals surface area contributed by atoms with Crippen molar-refractivity contribution in [2.45, 2.75) is 265 Å². The Hall–Kier alpha value is -1.94. The Kier molecular flexibility index (Phi) is 38.7. The second kappa shape index (κ2) is 41.4. The molecule has 0 aromatic carbocycles. The number of ether oxygens (including phenoxy) is 2. The van der Waals surface area contributed by atoms with Crippen molar-refractivity contribution in [3.05, 3.63) is 0 Å². The van der Waals surface area contributed by atoms with Gasteiger partial charge in [-0.25, -0.2) is 0 Å². The van der Waals surface area contributed by atoms with Gasteiger partial charge in [0, 0.05) is 19.4 Å². The molecule has 59 heavy (non-hydrogen) atoms. The monoisotopic (exact) mass is 850 g/mol. The van der Waals surface area contributed by atoms with Crippen LogP contribution in [0, 0.1) is 0 Å². The highest BCUT2D eigenvalue weighted by molar-refractivity contribution is 7.18. The first-order chi connectivity index (χ1) is 28.9. The van der Waals surface area contributed by atoms with Gasteiger partial charge in [-0.3, -0.25) is 9.59 Å². The molecule has 0 spiro atoms. The van der Waals surface area contributed by atoms with Crippen LogP contribution in [0.4, 0.5) is 10.3 Å². The lowest BCUT2D eigenvalue weighted by atomic mass is 10.0. The van der Waals surface area contributed by atoms with Crippen LogP contribution in [-0.2, 0) is 19.1 Å². The fraction of sp³-hybridized carbons (Fsp3) is 0.918. The molecule has 0 aliphatic rings. The smallest absolute Gasteiger partial charge is 0.306 e. The van der Waals surface area contributed by atoms with Crippen LogP contribution in [0.25, 0.3) is 0 Å². The highest BCUT2D eigenvalue weighted by atomic mass is 32.1. The summed E-state index contributed by atoms with van der Waals surface area (Å²) < 4.78 is 11.9. The van der Waals surface area contributed by atoms with Gasteiger partial charge in [0.25, 0.3) is 0 Å². The molecule has 1 aromatic heterocycles. The summed E-state index contributed by atoms with van der Waals surface area (Å²) in [5.41, 5.74) is 5.75. The topological polar surface area (TPSA) is 120 Å². The van der Waals surface area contributed by atoms with Gasteiger partial charge >= 0.3 is 11.9 Å². The van der Waals surface area contributed by atoms with Gasteiger partial charge in [0.2, 0.25) is 10.3 Å². The Morgan fingerprint density at radius 3 is 1.36 bits per heavy atom. The second-order valence-electron chi connectivity index (χ2n) is 17.4. The average molecular weight is 850 g/mol. The molecule has 0 saturated heterocycles. The lowest BCUT2D eigenvalue weighted by Crippen LogP contribution is -2.28. The third-order valence-corrected chi connectivity index (χ3v) is 12.5. The molecular weight excluding hydrogens is 755 g/mol. The highest BCUT2D eigenvalue weighted by Crippen LogP contribution is 2.20. The Balaban J connectivity index is 2.34. The molecule has 10 heteroatoms. The van der Waals surface area contributed by atoms with E-state index in [0.29, 0.717) is 18.0 Å². The number of carbonyl (C=O) groups excluding carboxylic acids is 2. The molecule has 3 N–H and O–H groups in total. The summed E-state index contributed by atoms with van der Waals surface area (Å²) >= 11 is 1.39. The van der Waals surface area contributed by atoms with Crippen molar-refractivity contribution in [3.8, 4) is 0 Å². The molecule has 0 amide bonds. The summed E-state index contributed by atoms with van der Waals surface area (Å²) in [5, 5.41) is 12.6. The standard InChI is InChI=1S/C49H95N5O4S/c1-5-9-12-15-20-27-35-44(8-4)57-46(55)38-30-23-18-25-32-41-54(43-34-40-51-49-53-52-48(50)59-49)42-33-26-19-24-31-39-47(56)58-45(36-28-21-16-13-10-6-2)37-29-22-17-14-11-7-3/h44-45H,5-43H2,1-4H3,(H2,50,52)(H,51,53). The average Bonchev–Trinajstić information content (AvgIpc) is 3.65. The molecule has 0 fully saturated rings. The van der Waals surface area contributed by atoms with E-state index < -0.39 is 0 Å². The molecule has 0 saturated carbocycles. The minimum absolute atomic E-state index is 0.00925. The Morgan fingerprint density at radius 2 is 0.915 bits per heavy atom. The van der Waals surface area contributed by atoms with Gasteiger partial charge < -0.3 is 25.4 Å². The number of nitrogen functional groups attached to an aromatic ring is 1. The van der Waals surface area contributed by atoms with E-state index in [1.165, 1.54) is 159 Å². The summed E-state index contributed by atoms with van der Waals surface area (Å²) in [7, 11) is 0. The number of rotatable bonds is 45. The van der Waals surface area contributed by atoms with Crippen LogP contribution in [0.2, 0.25) is 0 Å². The quantitative estimate of drug-likeness (QED) is 0.0488. The highest BCUT2D eigenvalue weighted by Gasteiger charge is 2.15. The summed E-state index contributed by atoms with van der Waals surface area (Å²) in [5.74, 6) is 0.0110. The van der Waals surface area contributed by atoms with Crippen molar-refractivity contribution in [2.75, 3.05) is 37.2 Å². The van der Waals surface area contributed by atoms with Crippen LogP contribution >= 0.6 is 11.3 Å². The van der Waals surface area contributed by atoms with Gasteiger partial charge in [-0.2, -0.15) is 0 Å². The molecule has 1 rings (SSSR count). The first-order valence-corrected chi connectivity index (χ1v) is 26.2. The first-order valence-electron chi connectivity index (χ1n) is 25.4. The fourth-order valence-corrected chi connectivity index (χ4v) is 8.50. The third kappa shape index (κ3) is 35.4. The lowest BCUT2D eigenvalue weighted by Gasteiger charge is -2.22. The fourth-order valence-electron chi connectivity index (χ4n) is 7.96. The third-order valence-electron chi connectivity index (χ3n) is 11.8. The number of esters is 2. The SMILES string of the molecule is CCCCCCCCC(CC)OC(=O)CCCCCCCN(CCCCCCCC(=O)OC(CCCCCCCC)CCCCCCCC)CCCNc1nnc(N)s1. The summed E-state index contributed by atoms with van der Waals surface area (Å²) in [6.45, 7) is 13.0. The lowest BCUT2D eigenvalue weighted by molar-refractivity contribution is -0.150. The van der Waals surface area contributed by atoms with Crippen molar-refractivity contribution < 1.29 is 19.1 Å². The summed E-state index contributed by atoms with van der Waals surface area (Å²) in [6, 6.07) is 0. The molecule has 1 unspecified atom stereocenters. The zero-order valence-electron chi connectivity index (χ0n) is 39.2. The number of nitrogens with one attached hydrogen (secondary N) is 1. The first kappa shape index (κ1) is 55.1. The number of anilines is 2. The zero-order valence-corrected chi connectivity index (χ0v) is 40.0. The van der Waals surface area contributed by atoms with Crippen molar-refractivity contribution >= 4 is 33.5 Å². The van der Waals surface area contributed by atoms with Crippen molar-refractivity contribution in [2.24, 2.45) is 0 Å². The van der Waals surface area contributed by atoms with Gasteiger partial charge in [0.1, 0.15) is 12.2 Å². The number of aromatic nitrogens is 2. The van der Waals surface area contributed by atoms with E-state index in [1.807, 2.05) is 0 Å². The molecule has 0 bridgehead atoms. The van der Waals surface area contributed by atoms with E-state index >= 15 is 0 Å². The largest absolute Gasteiger partial charge is 0.462 e. The van der Waals surface area contributed by atoms with Gasteiger partial charge in [-0.05, 0) is 96.7 Å².